The Bertz CT molecular complexity index is 368. The Morgan fingerprint density at radius 2 is 1.94 bits per heavy atom. The summed E-state index contributed by atoms with van der Waals surface area (Å²) in [7, 11) is -0.489. The van der Waals surface area contributed by atoms with Crippen LogP contribution in [0.2, 0.25) is 0 Å². The van der Waals surface area contributed by atoms with Crippen LogP contribution in [0, 0.1) is 5.82 Å². The summed E-state index contributed by atoms with van der Waals surface area (Å²) in [4.78, 5) is 0. The molecule has 0 saturated heterocycles. The molecule has 0 bridgehead atoms. The normalized spacial score (nSPS) is 10.4. The van der Waals surface area contributed by atoms with Crippen molar-refractivity contribution in [1.82, 2.24) is 0 Å². The summed E-state index contributed by atoms with van der Waals surface area (Å²) in [5.41, 5.74) is -0.239. The Hall–Kier alpha value is -1.27. The first-order valence-electron chi connectivity index (χ1n) is 4.86. The van der Waals surface area contributed by atoms with Gasteiger partial charge in [-0.05, 0) is 19.9 Å². The molecule has 0 amide bonds. The molecule has 4 nitrogen and oxygen atoms in total. The molecule has 0 heterocycles. The lowest BCUT2D eigenvalue weighted by molar-refractivity contribution is 0.219. The molecule has 2 N–H and O–H groups in total. The molecule has 0 aliphatic rings. The predicted octanol–water partition coefficient (Wildman–Crippen LogP) is 0.301. The molecule has 0 atom stereocenters. The minimum atomic E-state index is -1.87. The average Bonchev–Trinajstić information content (AvgIpc) is 2.19. The molecule has 1 rings (SSSR count). The highest BCUT2D eigenvalue weighted by Gasteiger charge is 2.23. The quantitative estimate of drug-likeness (QED) is 0.727. The second-order valence-corrected chi connectivity index (χ2v) is 3.54. The van der Waals surface area contributed by atoms with Crippen LogP contribution in [-0.4, -0.2) is 30.4 Å². The van der Waals surface area contributed by atoms with Gasteiger partial charge >= 0.3 is 7.12 Å². The maximum atomic E-state index is 13.8. The largest absolute Gasteiger partial charge is 0.493 e. The summed E-state index contributed by atoms with van der Waals surface area (Å²) in [6.45, 7) is 3.47. The number of benzene rings is 1. The number of ether oxygens (including phenoxy) is 2. The monoisotopic (exact) mass is 228 g/mol. The molecule has 0 aromatic heterocycles. The van der Waals surface area contributed by atoms with Gasteiger partial charge in [0.25, 0.3) is 0 Å². The lowest BCUT2D eigenvalue weighted by Crippen LogP contribution is -2.33. The Kier molecular flexibility index (Phi) is 4.15. The summed E-state index contributed by atoms with van der Waals surface area (Å²) in [6.07, 6.45) is -0.241. The van der Waals surface area contributed by atoms with Crippen LogP contribution in [0.4, 0.5) is 4.39 Å². The lowest BCUT2D eigenvalue weighted by Gasteiger charge is -2.15. The van der Waals surface area contributed by atoms with Gasteiger partial charge in [0, 0.05) is 5.46 Å². The maximum Gasteiger partial charge on any atom is 0.491 e. The molecule has 0 aliphatic heterocycles. The first kappa shape index (κ1) is 12.8. The number of hydrogen-bond acceptors (Lipinski definition) is 4. The summed E-state index contributed by atoms with van der Waals surface area (Å²) in [6, 6.07) is 2.67. The van der Waals surface area contributed by atoms with Crippen LogP contribution in [0.15, 0.2) is 12.1 Å². The van der Waals surface area contributed by atoms with Gasteiger partial charge in [-0.1, -0.05) is 6.07 Å². The van der Waals surface area contributed by atoms with Crippen molar-refractivity contribution in [2.45, 2.75) is 20.0 Å². The van der Waals surface area contributed by atoms with Gasteiger partial charge in [0.2, 0.25) is 0 Å². The molecule has 0 aliphatic carbocycles. The van der Waals surface area contributed by atoms with E-state index < -0.39 is 12.9 Å². The van der Waals surface area contributed by atoms with Gasteiger partial charge in [-0.25, -0.2) is 4.39 Å². The van der Waals surface area contributed by atoms with Crippen molar-refractivity contribution in [2.75, 3.05) is 7.11 Å². The van der Waals surface area contributed by atoms with Crippen LogP contribution in [0.5, 0.6) is 11.5 Å². The molecule has 1 aromatic rings. The van der Waals surface area contributed by atoms with E-state index in [0.717, 1.165) is 0 Å². The number of hydrogen-bond donors (Lipinski definition) is 2. The fraction of sp³-hybridized carbons (Fsp3) is 0.400. The highest BCUT2D eigenvalue weighted by molar-refractivity contribution is 6.58. The van der Waals surface area contributed by atoms with Gasteiger partial charge in [-0.3, -0.25) is 0 Å². The first-order chi connectivity index (χ1) is 7.47. The number of rotatable bonds is 4. The summed E-state index contributed by atoms with van der Waals surface area (Å²) in [5.74, 6) is -0.707. The van der Waals surface area contributed by atoms with E-state index in [9.17, 15) is 4.39 Å². The van der Waals surface area contributed by atoms with Gasteiger partial charge < -0.3 is 19.5 Å². The van der Waals surface area contributed by atoms with Crippen LogP contribution in [-0.2, 0) is 0 Å². The lowest BCUT2D eigenvalue weighted by atomic mass is 9.79. The van der Waals surface area contributed by atoms with E-state index in [-0.39, 0.29) is 23.1 Å². The van der Waals surface area contributed by atoms with E-state index in [2.05, 4.69) is 0 Å². The molecule has 88 valence electrons. The minimum Gasteiger partial charge on any atom is -0.493 e. The van der Waals surface area contributed by atoms with Crippen LogP contribution in [0.3, 0.4) is 0 Å². The highest BCUT2D eigenvalue weighted by atomic mass is 19.1. The third-order valence-corrected chi connectivity index (χ3v) is 1.94. The van der Waals surface area contributed by atoms with E-state index in [4.69, 9.17) is 19.5 Å². The topological polar surface area (TPSA) is 58.9 Å². The number of halogens is 1. The van der Waals surface area contributed by atoms with Crippen LogP contribution in [0.25, 0.3) is 0 Å². The molecule has 1 aromatic carbocycles. The van der Waals surface area contributed by atoms with E-state index in [1.54, 1.807) is 13.8 Å². The van der Waals surface area contributed by atoms with Crippen molar-refractivity contribution >= 4 is 12.6 Å². The van der Waals surface area contributed by atoms with Crippen molar-refractivity contribution in [2.24, 2.45) is 0 Å². The van der Waals surface area contributed by atoms with Crippen LogP contribution >= 0.6 is 0 Å². The molecule has 0 saturated carbocycles. The molecule has 0 radical (unpaired) electrons. The highest BCUT2D eigenvalue weighted by Crippen LogP contribution is 2.29. The third kappa shape index (κ3) is 2.65. The van der Waals surface area contributed by atoms with Crippen LogP contribution < -0.4 is 14.9 Å². The van der Waals surface area contributed by atoms with E-state index in [1.807, 2.05) is 0 Å². The van der Waals surface area contributed by atoms with E-state index in [0.29, 0.717) is 0 Å². The van der Waals surface area contributed by atoms with E-state index >= 15 is 0 Å². The average molecular weight is 228 g/mol. The molecular weight excluding hydrogens is 214 g/mol. The van der Waals surface area contributed by atoms with Gasteiger partial charge in [-0.2, -0.15) is 0 Å². The summed E-state index contributed by atoms with van der Waals surface area (Å²) < 4.78 is 24.0. The van der Waals surface area contributed by atoms with Gasteiger partial charge in [-0.15, -0.1) is 0 Å². The second-order valence-electron chi connectivity index (χ2n) is 3.54. The van der Waals surface area contributed by atoms with Gasteiger partial charge in [0.15, 0.2) is 17.3 Å². The fourth-order valence-corrected chi connectivity index (χ4v) is 1.26. The van der Waals surface area contributed by atoms with Crippen molar-refractivity contribution < 1.29 is 23.9 Å². The Labute approximate surface area is 93.8 Å². The molecule has 0 unspecified atom stereocenters. The molecule has 0 spiro atoms. The molecular formula is C10H14BFO4. The second kappa shape index (κ2) is 5.18. The fourth-order valence-electron chi connectivity index (χ4n) is 1.26. The maximum absolute atomic E-state index is 13.8. The van der Waals surface area contributed by atoms with Gasteiger partial charge in [0.1, 0.15) is 0 Å². The SMILES string of the molecule is COc1ccc(B(O)O)c(F)c1OC(C)C. The van der Waals surface area contributed by atoms with E-state index in [1.165, 1.54) is 19.2 Å². The standard InChI is InChI=1S/C10H14BFO4/c1-6(2)16-10-8(15-3)5-4-7(9(10)12)11(13)14/h4-6,13-14H,1-3H3. The van der Waals surface area contributed by atoms with Crippen molar-refractivity contribution in [1.29, 1.82) is 0 Å². The molecule has 6 heteroatoms. The Morgan fingerprint density at radius 1 is 1.31 bits per heavy atom. The Balaban J connectivity index is 3.23. The Morgan fingerprint density at radius 3 is 2.38 bits per heavy atom. The first-order valence-corrected chi connectivity index (χ1v) is 4.86. The van der Waals surface area contributed by atoms with Gasteiger partial charge in [0.05, 0.1) is 13.2 Å². The minimum absolute atomic E-state index is 0.108. The van der Waals surface area contributed by atoms with Crippen molar-refractivity contribution in [3.05, 3.63) is 17.9 Å². The van der Waals surface area contributed by atoms with Crippen LogP contribution in [0.1, 0.15) is 13.8 Å². The summed E-state index contributed by atoms with van der Waals surface area (Å²) in [5, 5.41) is 17.9. The third-order valence-electron chi connectivity index (χ3n) is 1.94. The predicted molar refractivity (Wildman–Crippen MR) is 58.5 cm³/mol. The van der Waals surface area contributed by atoms with Crippen molar-refractivity contribution in [3.8, 4) is 11.5 Å². The zero-order valence-corrected chi connectivity index (χ0v) is 9.40. The van der Waals surface area contributed by atoms with Crippen molar-refractivity contribution in [3.63, 3.8) is 0 Å². The summed E-state index contributed by atoms with van der Waals surface area (Å²) >= 11 is 0. The molecule has 0 fully saturated rings. The number of methoxy groups -OCH3 is 1. The zero-order chi connectivity index (χ0) is 12.3. The smallest absolute Gasteiger partial charge is 0.491 e. The molecule has 16 heavy (non-hydrogen) atoms. The zero-order valence-electron chi connectivity index (χ0n) is 9.40.